The van der Waals surface area contributed by atoms with Crippen LogP contribution >= 0.6 is 11.3 Å². The number of hydrogen-bond acceptors (Lipinski definition) is 8. The highest BCUT2D eigenvalue weighted by molar-refractivity contribution is 7.17. The Labute approximate surface area is 281 Å². The number of rotatable bonds is 8. The number of hydrogen-bond donors (Lipinski definition) is 0. The van der Waals surface area contributed by atoms with Gasteiger partial charge in [0.2, 0.25) is 5.91 Å². The lowest BCUT2D eigenvalue weighted by molar-refractivity contribution is -0.129. The van der Waals surface area contributed by atoms with Crippen LogP contribution in [0.1, 0.15) is 36.8 Å². The SMILES string of the molecule is C=CC(=O)N1CCn2nc(-c3nc(-c4cnc5c(c4)CN(C)C(C)C5)c4sccc4c3-c3c(F)cc(F)cc3OCCOC)cc2C1C. The van der Waals surface area contributed by atoms with Crippen LogP contribution < -0.4 is 4.74 Å². The molecule has 4 aromatic heterocycles. The maximum atomic E-state index is 16.1. The van der Waals surface area contributed by atoms with Gasteiger partial charge < -0.3 is 14.4 Å². The van der Waals surface area contributed by atoms with Crippen LogP contribution in [0.4, 0.5) is 8.78 Å². The third-order valence-electron chi connectivity index (χ3n) is 9.38. The Hall–Kier alpha value is -4.52. The number of ether oxygens (including phenoxy) is 2. The topological polar surface area (TPSA) is 85.6 Å². The first kappa shape index (κ1) is 32.0. The van der Waals surface area contributed by atoms with Crippen molar-refractivity contribution < 1.29 is 23.0 Å². The van der Waals surface area contributed by atoms with Crippen LogP contribution in [0.15, 0.2) is 54.6 Å². The van der Waals surface area contributed by atoms with Gasteiger partial charge in [-0.2, -0.15) is 5.10 Å². The third-order valence-corrected chi connectivity index (χ3v) is 10.3. The summed E-state index contributed by atoms with van der Waals surface area (Å²) in [5.41, 5.74) is 6.02. The van der Waals surface area contributed by atoms with Crippen molar-refractivity contribution in [3.63, 3.8) is 0 Å². The van der Waals surface area contributed by atoms with E-state index in [0.717, 1.165) is 51.6 Å². The van der Waals surface area contributed by atoms with Crippen molar-refractivity contribution in [3.8, 4) is 39.5 Å². The zero-order chi connectivity index (χ0) is 33.7. The molecule has 0 aliphatic carbocycles. The molecule has 1 aromatic carbocycles. The molecule has 2 aliphatic heterocycles. The summed E-state index contributed by atoms with van der Waals surface area (Å²) in [6, 6.07) is 8.13. The third kappa shape index (κ3) is 5.57. The lowest BCUT2D eigenvalue weighted by Crippen LogP contribution is -2.40. The number of nitrogens with zero attached hydrogens (tertiary/aromatic N) is 6. The molecule has 6 heterocycles. The predicted octanol–water partition coefficient (Wildman–Crippen LogP) is 6.66. The molecule has 0 N–H and O–H groups in total. The molecule has 0 saturated heterocycles. The summed E-state index contributed by atoms with van der Waals surface area (Å²) in [4.78, 5) is 26.8. The molecule has 248 valence electrons. The molecule has 0 saturated carbocycles. The standard InChI is InChI=1S/C36H36F2N6O3S/c1-6-31(45)43-8-9-44-29(21(43)3)17-28(41-44)35-32(33-26(38)15-24(37)16-30(33)47-11-10-46-5)25-7-12-48-36(25)34(40-35)22-14-23-19-42(4)20(2)13-27(23)39-18-22/h6-7,12,14-18,20-21H,1,8-11,13,19H2,2-5H3. The van der Waals surface area contributed by atoms with E-state index in [0.29, 0.717) is 41.8 Å². The van der Waals surface area contributed by atoms with Gasteiger partial charge in [0.1, 0.15) is 35.4 Å². The zero-order valence-corrected chi connectivity index (χ0v) is 28.1. The number of methoxy groups -OCH3 is 1. The van der Waals surface area contributed by atoms with Crippen molar-refractivity contribution >= 4 is 27.3 Å². The monoisotopic (exact) mass is 670 g/mol. The first-order valence-electron chi connectivity index (χ1n) is 15.9. The van der Waals surface area contributed by atoms with E-state index in [-0.39, 0.29) is 36.5 Å². The molecule has 2 aliphatic rings. The summed E-state index contributed by atoms with van der Waals surface area (Å²) in [5.74, 6) is -1.66. The largest absolute Gasteiger partial charge is 0.490 e. The minimum atomic E-state index is -0.779. The van der Waals surface area contributed by atoms with Crippen molar-refractivity contribution in [1.82, 2.24) is 29.5 Å². The molecule has 0 fully saturated rings. The number of pyridine rings is 2. The van der Waals surface area contributed by atoms with Crippen LogP contribution in [-0.2, 0) is 29.0 Å². The second-order valence-corrected chi connectivity index (χ2v) is 13.3. The predicted molar refractivity (Wildman–Crippen MR) is 182 cm³/mol. The molecule has 0 spiro atoms. The fourth-order valence-electron chi connectivity index (χ4n) is 6.70. The van der Waals surface area contributed by atoms with Gasteiger partial charge in [0.15, 0.2) is 0 Å². The number of likely N-dealkylation sites (N-methyl/N-ethyl adjacent to an activating group) is 1. The second kappa shape index (κ2) is 12.8. The molecule has 12 heteroatoms. The van der Waals surface area contributed by atoms with Gasteiger partial charge in [-0.15, -0.1) is 11.3 Å². The molecule has 7 rings (SSSR count). The van der Waals surface area contributed by atoms with Crippen molar-refractivity contribution in [2.75, 3.05) is 33.9 Å². The minimum absolute atomic E-state index is 0.0422. The second-order valence-electron chi connectivity index (χ2n) is 12.3. The molecule has 1 amide bonds. The number of carbonyl (C=O) groups is 1. The van der Waals surface area contributed by atoms with E-state index in [9.17, 15) is 9.18 Å². The first-order chi connectivity index (χ1) is 23.2. The molecule has 2 atom stereocenters. The summed E-state index contributed by atoms with van der Waals surface area (Å²) in [6.07, 6.45) is 4.03. The highest BCUT2D eigenvalue weighted by Gasteiger charge is 2.32. The number of carbonyl (C=O) groups excluding carboxylic acids is 1. The lowest BCUT2D eigenvalue weighted by Gasteiger charge is -2.33. The van der Waals surface area contributed by atoms with Gasteiger partial charge in [-0.1, -0.05) is 6.58 Å². The van der Waals surface area contributed by atoms with Gasteiger partial charge in [-0.25, -0.2) is 13.8 Å². The number of benzene rings is 1. The Morgan fingerprint density at radius 1 is 1.12 bits per heavy atom. The average molecular weight is 671 g/mol. The van der Waals surface area contributed by atoms with Crippen LogP contribution in [0, 0.1) is 11.6 Å². The summed E-state index contributed by atoms with van der Waals surface area (Å²) in [6.45, 7) is 9.83. The zero-order valence-electron chi connectivity index (χ0n) is 27.3. The van der Waals surface area contributed by atoms with Gasteiger partial charge in [-0.3, -0.25) is 19.4 Å². The first-order valence-corrected chi connectivity index (χ1v) is 16.8. The molecule has 5 aromatic rings. The van der Waals surface area contributed by atoms with E-state index in [4.69, 9.17) is 24.5 Å². The van der Waals surface area contributed by atoms with E-state index in [2.05, 4.69) is 31.5 Å². The number of halogens is 2. The Morgan fingerprint density at radius 2 is 1.96 bits per heavy atom. The Bertz CT molecular complexity index is 2060. The van der Waals surface area contributed by atoms with Crippen LogP contribution in [0.25, 0.3) is 43.9 Å². The number of amides is 1. The molecule has 2 unspecified atom stereocenters. The van der Waals surface area contributed by atoms with E-state index >= 15 is 4.39 Å². The molecular formula is C36H36F2N6O3S. The van der Waals surface area contributed by atoms with Gasteiger partial charge in [0.25, 0.3) is 0 Å². The summed E-state index contributed by atoms with van der Waals surface area (Å²) >= 11 is 1.49. The highest BCUT2D eigenvalue weighted by Crippen LogP contribution is 2.47. The molecule has 0 bridgehead atoms. The van der Waals surface area contributed by atoms with E-state index in [1.807, 2.05) is 35.3 Å². The summed E-state index contributed by atoms with van der Waals surface area (Å²) < 4.78 is 44.6. The Morgan fingerprint density at radius 3 is 2.75 bits per heavy atom. The van der Waals surface area contributed by atoms with Crippen molar-refractivity contribution in [2.45, 2.75) is 45.4 Å². The fraction of sp³-hybridized carbons (Fsp3) is 0.333. The van der Waals surface area contributed by atoms with Crippen LogP contribution in [-0.4, -0.2) is 75.4 Å². The number of thiophene rings is 1. The van der Waals surface area contributed by atoms with Crippen molar-refractivity contribution in [3.05, 3.63) is 83.1 Å². The van der Waals surface area contributed by atoms with E-state index in [1.54, 1.807) is 4.90 Å². The smallest absolute Gasteiger partial charge is 0.246 e. The normalized spacial score (nSPS) is 17.8. The molecule has 0 radical (unpaired) electrons. The van der Waals surface area contributed by atoms with Crippen molar-refractivity contribution in [2.24, 2.45) is 0 Å². The quantitative estimate of drug-likeness (QED) is 0.135. The minimum Gasteiger partial charge on any atom is -0.490 e. The molecular weight excluding hydrogens is 634 g/mol. The highest BCUT2D eigenvalue weighted by atomic mass is 32.1. The van der Waals surface area contributed by atoms with E-state index < -0.39 is 11.6 Å². The van der Waals surface area contributed by atoms with Crippen LogP contribution in [0.2, 0.25) is 0 Å². The average Bonchev–Trinajstić information content (AvgIpc) is 3.73. The number of aromatic nitrogens is 4. The summed E-state index contributed by atoms with van der Waals surface area (Å²) in [7, 11) is 3.64. The fourth-order valence-corrected chi connectivity index (χ4v) is 7.61. The van der Waals surface area contributed by atoms with Crippen LogP contribution in [0.3, 0.4) is 0 Å². The van der Waals surface area contributed by atoms with Gasteiger partial charge in [-0.05, 0) is 56.1 Å². The van der Waals surface area contributed by atoms with Crippen molar-refractivity contribution in [1.29, 1.82) is 0 Å². The Kier molecular flexibility index (Phi) is 8.57. The van der Waals surface area contributed by atoms with Crippen LogP contribution in [0.5, 0.6) is 5.75 Å². The van der Waals surface area contributed by atoms with Gasteiger partial charge in [0, 0.05) is 73.2 Å². The Balaban J connectivity index is 1.47. The van der Waals surface area contributed by atoms with Gasteiger partial charge >= 0.3 is 0 Å². The molecule has 9 nitrogen and oxygen atoms in total. The number of fused-ring (bicyclic) bond motifs is 3. The summed E-state index contributed by atoms with van der Waals surface area (Å²) in [5, 5.41) is 7.63. The lowest BCUT2D eigenvalue weighted by atomic mass is 9.94. The molecule has 48 heavy (non-hydrogen) atoms. The maximum absolute atomic E-state index is 16.1. The van der Waals surface area contributed by atoms with E-state index in [1.165, 1.54) is 30.6 Å². The van der Waals surface area contributed by atoms with Gasteiger partial charge in [0.05, 0.1) is 40.8 Å². The maximum Gasteiger partial charge on any atom is 0.246 e.